The second-order valence-electron chi connectivity index (χ2n) is 5.60. The standard InChI is InChI=1S/C19H14ClFO3S/c1-12-10-16(25(23,24)15-5-3-14(21)4-6-15)7-8-17(12)18-11-13(20)2-9-19(18)22/h2-11,22H,1H3. The maximum absolute atomic E-state index is 13.0. The van der Waals surface area contributed by atoms with Crippen LogP contribution < -0.4 is 0 Å². The van der Waals surface area contributed by atoms with Crippen LogP contribution in [0.3, 0.4) is 0 Å². The highest BCUT2D eigenvalue weighted by atomic mass is 35.5. The molecule has 0 amide bonds. The van der Waals surface area contributed by atoms with Gasteiger partial charge in [0.05, 0.1) is 9.79 Å². The molecule has 6 heteroatoms. The zero-order valence-electron chi connectivity index (χ0n) is 13.2. The minimum atomic E-state index is -3.75. The molecule has 0 bridgehead atoms. The van der Waals surface area contributed by atoms with Gasteiger partial charge in [-0.25, -0.2) is 12.8 Å². The van der Waals surface area contributed by atoms with Crippen molar-refractivity contribution in [2.24, 2.45) is 0 Å². The van der Waals surface area contributed by atoms with Gasteiger partial charge < -0.3 is 5.11 Å². The fourth-order valence-electron chi connectivity index (χ4n) is 2.58. The zero-order valence-corrected chi connectivity index (χ0v) is 14.8. The smallest absolute Gasteiger partial charge is 0.206 e. The van der Waals surface area contributed by atoms with Crippen molar-refractivity contribution in [2.75, 3.05) is 0 Å². The van der Waals surface area contributed by atoms with Gasteiger partial charge in [0.25, 0.3) is 0 Å². The molecule has 128 valence electrons. The third-order valence-electron chi connectivity index (χ3n) is 3.88. The number of phenols is 1. The number of hydrogen-bond acceptors (Lipinski definition) is 3. The molecule has 3 aromatic rings. The van der Waals surface area contributed by atoms with Gasteiger partial charge in [-0.15, -0.1) is 0 Å². The van der Waals surface area contributed by atoms with E-state index in [1.54, 1.807) is 25.1 Å². The topological polar surface area (TPSA) is 54.4 Å². The molecule has 0 aromatic heterocycles. The predicted octanol–water partition coefficient (Wildman–Crippen LogP) is 4.99. The number of halogens is 2. The summed E-state index contributed by atoms with van der Waals surface area (Å²) in [6, 6.07) is 14.0. The Morgan fingerprint density at radius 2 is 1.52 bits per heavy atom. The van der Waals surface area contributed by atoms with Gasteiger partial charge in [0, 0.05) is 10.6 Å². The van der Waals surface area contributed by atoms with Gasteiger partial charge in [-0.05, 0) is 72.6 Å². The van der Waals surface area contributed by atoms with E-state index >= 15 is 0 Å². The van der Waals surface area contributed by atoms with E-state index < -0.39 is 15.7 Å². The summed E-state index contributed by atoms with van der Waals surface area (Å²) in [5.74, 6) is -0.441. The average Bonchev–Trinajstić information content (AvgIpc) is 2.57. The molecule has 0 aliphatic carbocycles. The molecule has 0 fully saturated rings. The third kappa shape index (κ3) is 3.38. The Morgan fingerprint density at radius 3 is 2.16 bits per heavy atom. The van der Waals surface area contributed by atoms with Gasteiger partial charge in [0.1, 0.15) is 11.6 Å². The normalized spacial score (nSPS) is 11.5. The number of sulfone groups is 1. The number of phenolic OH excluding ortho intramolecular Hbond substituents is 1. The van der Waals surface area contributed by atoms with E-state index in [1.165, 1.54) is 30.3 Å². The monoisotopic (exact) mass is 376 g/mol. The van der Waals surface area contributed by atoms with Crippen LogP contribution >= 0.6 is 11.6 Å². The molecular weight excluding hydrogens is 363 g/mol. The van der Waals surface area contributed by atoms with Gasteiger partial charge >= 0.3 is 0 Å². The van der Waals surface area contributed by atoms with Crippen molar-refractivity contribution in [1.82, 2.24) is 0 Å². The minimum Gasteiger partial charge on any atom is -0.507 e. The number of hydrogen-bond donors (Lipinski definition) is 1. The van der Waals surface area contributed by atoms with E-state index in [9.17, 15) is 17.9 Å². The SMILES string of the molecule is Cc1cc(S(=O)(=O)c2ccc(F)cc2)ccc1-c1cc(Cl)ccc1O. The molecule has 3 nitrogen and oxygen atoms in total. The van der Waals surface area contributed by atoms with Crippen LogP contribution in [0.5, 0.6) is 5.75 Å². The van der Waals surface area contributed by atoms with E-state index in [2.05, 4.69) is 0 Å². The quantitative estimate of drug-likeness (QED) is 0.655. The van der Waals surface area contributed by atoms with Crippen LogP contribution in [0.1, 0.15) is 5.56 Å². The number of aromatic hydroxyl groups is 1. The predicted molar refractivity (Wildman–Crippen MR) is 95.1 cm³/mol. The summed E-state index contributed by atoms with van der Waals surface area (Å²) in [6.07, 6.45) is 0. The van der Waals surface area contributed by atoms with E-state index in [-0.39, 0.29) is 15.5 Å². The lowest BCUT2D eigenvalue weighted by molar-refractivity contribution is 0.477. The van der Waals surface area contributed by atoms with Gasteiger partial charge in [-0.1, -0.05) is 17.7 Å². The molecule has 3 rings (SSSR count). The van der Waals surface area contributed by atoms with Crippen LogP contribution in [0, 0.1) is 12.7 Å². The lowest BCUT2D eigenvalue weighted by Crippen LogP contribution is -2.02. The molecule has 1 N–H and O–H groups in total. The molecule has 3 aromatic carbocycles. The Labute approximate surface area is 150 Å². The maximum Gasteiger partial charge on any atom is 0.206 e. The molecule has 0 atom stereocenters. The average molecular weight is 377 g/mol. The Kier molecular flexibility index (Phi) is 4.54. The van der Waals surface area contributed by atoms with Gasteiger partial charge in [-0.2, -0.15) is 0 Å². The molecular formula is C19H14ClFO3S. The zero-order chi connectivity index (χ0) is 18.2. The minimum absolute atomic E-state index is 0.0200. The van der Waals surface area contributed by atoms with Crippen molar-refractivity contribution in [3.8, 4) is 16.9 Å². The van der Waals surface area contributed by atoms with Crippen LogP contribution in [-0.2, 0) is 9.84 Å². The summed E-state index contributed by atoms with van der Waals surface area (Å²) < 4.78 is 38.4. The largest absolute Gasteiger partial charge is 0.507 e. The molecule has 25 heavy (non-hydrogen) atoms. The fraction of sp³-hybridized carbons (Fsp3) is 0.0526. The summed E-state index contributed by atoms with van der Waals surface area (Å²) in [5, 5.41) is 10.5. The van der Waals surface area contributed by atoms with E-state index in [0.29, 0.717) is 21.7 Å². The van der Waals surface area contributed by atoms with Crippen LogP contribution in [0.4, 0.5) is 4.39 Å². The van der Waals surface area contributed by atoms with Crippen LogP contribution in [-0.4, -0.2) is 13.5 Å². The van der Waals surface area contributed by atoms with E-state index in [0.717, 1.165) is 12.1 Å². The number of benzene rings is 3. The molecule has 0 saturated heterocycles. The lowest BCUT2D eigenvalue weighted by Gasteiger charge is -2.11. The summed E-state index contributed by atoms with van der Waals surface area (Å²) >= 11 is 5.98. The highest BCUT2D eigenvalue weighted by molar-refractivity contribution is 7.91. The van der Waals surface area contributed by atoms with Gasteiger partial charge in [0.2, 0.25) is 9.84 Å². The molecule has 0 heterocycles. The van der Waals surface area contributed by atoms with Gasteiger partial charge in [-0.3, -0.25) is 0 Å². The van der Waals surface area contributed by atoms with E-state index in [4.69, 9.17) is 11.6 Å². The molecule has 0 unspecified atom stereocenters. The molecule has 0 aliphatic rings. The van der Waals surface area contributed by atoms with Crippen LogP contribution in [0.15, 0.2) is 70.5 Å². The van der Waals surface area contributed by atoms with Crippen molar-refractivity contribution in [3.05, 3.63) is 77.1 Å². The summed E-state index contributed by atoms with van der Waals surface area (Å²) in [5.41, 5.74) is 1.87. The second kappa shape index (κ2) is 6.50. The first-order chi connectivity index (χ1) is 11.8. The third-order valence-corrected chi connectivity index (χ3v) is 5.88. The Hall–Kier alpha value is -2.37. The lowest BCUT2D eigenvalue weighted by atomic mass is 10.00. The van der Waals surface area contributed by atoms with Gasteiger partial charge in [0.15, 0.2) is 0 Å². The first-order valence-corrected chi connectivity index (χ1v) is 9.25. The van der Waals surface area contributed by atoms with Crippen molar-refractivity contribution in [2.45, 2.75) is 16.7 Å². The molecule has 0 radical (unpaired) electrons. The highest BCUT2D eigenvalue weighted by Gasteiger charge is 2.19. The van der Waals surface area contributed by atoms with Crippen molar-refractivity contribution < 1.29 is 17.9 Å². The fourth-order valence-corrected chi connectivity index (χ4v) is 4.10. The Morgan fingerprint density at radius 1 is 0.880 bits per heavy atom. The van der Waals surface area contributed by atoms with Crippen LogP contribution in [0.2, 0.25) is 5.02 Å². The summed E-state index contributed by atoms with van der Waals surface area (Å²) in [7, 11) is -3.75. The van der Waals surface area contributed by atoms with Crippen molar-refractivity contribution in [3.63, 3.8) is 0 Å². The second-order valence-corrected chi connectivity index (χ2v) is 7.98. The summed E-state index contributed by atoms with van der Waals surface area (Å²) in [6.45, 7) is 1.75. The maximum atomic E-state index is 13.0. The van der Waals surface area contributed by atoms with Crippen molar-refractivity contribution in [1.29, 1.82) is 0 Å². The van der Waals surface area contributed by atoms with E-state index in [1.807, 2.05) is 0 Å². The highest BCUT2D eigenvalue weighted by Crippen LogP contribution is 2.35. The first kappa shape index (κ1) is 17.5. The Bertz CT molecular complexity index is 1040. The molecule has 0 saturated carbocycles. The molecule has 0 spiro atoms. The first-order valence-electron chi connectivity index (χ1n) is 7.39. The Balaban J connectivity index is 2.08. The molecule has 0 aliphatic heterocycles. The summed E-state index contributed by atoms with van der Waals surface area (Å²) in [4.78, 5) is 0.119. The number of rotatable bonds is 3. The number of aryl methyl sites for hydroxylation is 1. The van der Waals surface area contributed by atoms with Crippen molar-refractivity contribution >= 4 is 21.4 Å². The van der Waals surface area contributed by atoms with Crippen LogP contribution in [0.25, 0.3) is 11.1 Å².